The van der Waals surface area contributed by atoms with Crippen LogP contribution >= 0.6 is 0 Å². The number of carbonyl (C=O) groups is 2. The smallest absolute Gasteiger partial charge is 0.411 e. The van der Waals surface area contributed by atoms with Gasteiger partial charge in [-0.15, -0.1) is 0 Å². The number of nitrogens with zero attached hydrogens (tertiary/aromatic N) is 1. The first-order valence-corrected chi connectivity index (χ1v) is 7.60. The molecule has 0 bridgehead atoms. The van der Waals surface area contributed by atoms with Crippen molar-refractivity contribution in [3.63, 3.8) is 0 Å². The van der Waals surface area contributed by atoms with E-state index in [4.69, 9.17) is 4.74 Å². The molecule has 1 heterocycles. The Kier molecular flexibility index (Phi) is 4.37. The van der Waals surface area contributed by atoms with Crippen molar-refractivity contribution in [2.45, 2.75) is 32.1 Å². The van der Waals surface area contributed by atoms with Gasteiger partial charge in [0.25, 0.3) is 0 Å². The van der Waals surface area contributed by atoms with E-state index in [-0.39, 0.29) is 5.91 Å². The molecule has 0 atom stereocenters. The van der Waals surface area contributed by atoms with Crippen LogP contribution < -0.4 is 10.7 Å². The van der Waals surface area contributed by atoms with Crippen LogP contribution in [-0.4, -0.2) is 24.3 Å². The van der Waals surface area contributed by atoms with Gasteiger partial charge in [0.15, 0.2) is 0 Å². The topological polar surface area (TPSA) is 79.8 Å². The van der Waals surface area contributed by atoms with E-state index >= 15 is 0 Å². The molecule has 0 radical (unpaired) electrons. The Morgan fingerprint density at radius 3 is 2.64 bits per heavy atom. The van der Waals surface area contributed by atoms with Gasteiger partial charge in [-0.2, -0.15) is 5.10 Å². The largest absolute Gasteiger partial charge is 0.449 e. The fourth-order valence-electron chi connectivity index (χ4n) is 2.44. The third-order valence-electron chi connectivity index (χ3n) is 4.04. The van der Waals surface area contributed by atoms with E-state index in [1.54, 1.807) is 12.1 Å². The van der Waals surface area contributed by atoms with Crippen LogP contribution in [0, 0.1) is 5.92 Å². The maximum Gasteiger partial charge on any atom is 0.411 e. The Morgan fingerprint density at radius 2 is 2.05 bits per heavy atom. The molecule has 2 N–H and O–H groups in total. The molecule has 0 unspecified atom stereocenters. The molecule has 0 spiro atoms. The first-order chi connectivity index (χ1) is 10.7. The average Bonchev–Trinajstić information content (AvgIpc) is 2.47. The minimum atomic E-state index is -0.415. The number of benzene rings is 1. The SMILES string of the molecule is O=C1CCC(c2ccc(NC(=O)OCC3CCC3)cc2)=NN1. The van der Waals surface area contributed by atoms with E-state index in [0.717, 1.165) is 24.1 Å². The fraction of sp³-hybridized carbons (Fsp3) is 0.438. The molecule has 116 valence electrons. The van der Waals surface area contributed by atoms with Gasteiger partial charge >= 0.3 is 6.09 Å². The lowest BCUT2D eigenvalue weighted by molar-refractivity contribution is -0.121. The van der Waals surface area contributed by atoms with E-state index in [9.17, 15) is 9.59 Å². The highest BCUT2D eigenvalue weighted by atomic mass is 16.5. The van der Waals surface area contributed by atoms with Crippen LogP contribution in [0.5, 0.6) is 0 Å². The summed E-state index contributed by atoms with van der Waals surface area (Å²) in [5.74, 6) is 0.476. The average molecular weight is 301 g/mol. The second-order valence-electron chi connectivity index (χ2n) is 5.69. The molecule has 0 aromatic heterocycles. The maximum atomic E-state index is 11.7. The summed E-state index contributed by atoms with van der Waals surface area (Å²) in [6.07, 6.45) is 4.21. The van der Waals surface area contributed by atoms with Crippen molar-refractivity contribution in [1.29, 1.82) is 0 Å². The third kappa shape index (κ3) is 3.63. The summed E-state index contributed by atoms with van der Waals surface area (Å²) >= 11 is 0. The lowest BCUT2D eigenvalue weighted by atomic mass is 9.86. The Morgan fingerprint density at radius 1 is 1.27 bits per heavy atom. The number of hydrazone groups is 1. The van der Waals surface area contributed by atoms with Crippen molar-refractivity contribution in [2.75, 3.05) is 11.9 Å². The minimum Gasteiger partial charge on any atom is -0.449 e. The molecule has 6 heteroatoms. The van der Waals surface area contributed by atoms with Crippen LogP contribution in [0.1, 0.15) is 37.7 Å². The highest BCUT2D eigenvalue weighted by Gasteiger charge is 2.19. The van der Waals surface area contributed by atoms with Crippen LogP contribution in [0.15, 0.2) is 29.4 Å². The van der Waals surface area contributed by atoms with Gasteiger partial charge in [0.1, 0.15) is 0 Å². The van der Waals surface area contributed by atoms with E-state index in [1.165, 1.54) is 6.42 Å². The van der Waals surface area contributed by atoms with Crippen molar-refractivity contribution in [2.24, 2.45) is 11.0 Å². The Balaban J connectivity index is 1.52. The molecule has 1 aromatic rings. The van der Waals surface area contributed by atoms with Gasteiger partial charge in [-0.25, -0.2) is 10.2 Å². The molecule has 1 aliphatic carbocycles. The molecule has 2 aliphatic rings. The minimum absolute atomic E-state index is 0.0590. The Hall–Kier alpha value is -2.37. The van der Waals surface area contributed by atoms with E-state index < -0.39 is 6.09 Å². The zero-order chi connectivity index (χ0) is 15.4. The normalized spacial score (nSPS) is 18.0. The summed E-state index contributed by atoms with van der Waals surface area (Å²) in [7, 11) is 0. The highest BCUT2D eigenvalue weighted by Crippen LogP contribution is 2.26. The first-order valence-electron chi connectivity index (χ1n) is 7.60. The summed E-state index contributed by atoms with van der Waals surface area (Å²) in [6.45, 7) is 0.500. The molecular weight excluding hydrogens is 282 g/mol. The number of carbonyl (C=O) groups excluding carboxylic acids is 2. The fourth-order valence-corrected chi connectivity index (χ4v) is 2.44. The summed E-state index contributed by atoms with van der Waals surface area (Å²) in [6, 6.07) is 7.35. The van der Waals surface area contributed by atoms with Crippen molar-refractivity contribution in [1.82, 2.24) is 5.43 Å². The quantitative estimate of drug-likeness (QED) is 0.897. The number of ether oxygens (including phenoxy) is 1. The van der Waals surface area contributed by atoms with E-state index in [2.05, 4.69) is 15.8 Å². The van der Waals surface area contributed by atoms with Gasteiger partial charge in [0, 0.05) is 18.5 Å². The number of rotatable bonds is 4. The molecule has 3 rings (SSSR count). The second-order valence-corrected chi connectivity index (χ2v) is 5.69. The number of hydrogen-bond donors (Lipinski definition) is 2. The standard InChI is InChI=1S/C16H19N3O3/c20-15-9-8-14(18-19-15)12-4-6-13(7-5-12)17-16(21)22-10-11-2-1-3-11/h4-7,11H,1-3,8-10H2,(H,17,21)(H,19,20). The third-order valence-corrected chi connectivity index (χ3v) is 4.04. The van der Waals surface area contributed by atoms with Gasteiger partial charge in [0.05, 0.1) is 12.3 Å². The van der Waals surface area contributed by atoms with Gasteiger partial charge in [-0.3, -0.25) is 10.1 Å². The molecule has 1 saturated carbocycles. The maximum absolute atomic E-state index is 11.7. The van der Waals surface area contributed by atoms with Gasteiger partial charge in [-0.1, -0.05) is 18.6 Å². The highest BCUT2D eigenvalue weighted by molar-refractivity contribution is 6.04. The van der Waals surface area contributed by atoms with Crippen LogP contribution in [-0.2, 0) is 9.53 Å². The van der Waals surface area contributed by atoms with Crippen LogP contribution in [0.3, 0.4) is 0 Å². The molecule has 6 nitrogen and oxygen atoms in total. The molecule has 22 heavy (non-hydrogen) atoms. The monoisotopic (exact) mass is 301 g/mol. The zero-order valence-electron chi connectivity index (χ0n) is 12.3. The molecular formula is C16H19N3O3. The second kappa shape index (κ2) is 6.60. The Bertz CT molecular complexity index is 591. The van der Waals surface area contributed by atoms with E-state index in [1.807, 2.05) is 12.1 Å². The molecule has 0 saturated heterocycles. The number of anilines is 1. The number of amides is 2. The molecule has 1 aliphatic heterocycles. The van der Waals surface area contributed by atoms with Gasteiger partial charge < -0.3 is 4.74 Å². The first kappa shape index (κ1) is 14.6. The molecule has 1 fully saturated rings. The van der Waals surface area contributed by atoms with Crippen molar-refractivity contribution in [3.8, 4) is 0 Å². The van der Waals surface area contributed by atoms with Gasteiger partial charge in [0.2, 0.25) is 5.91 Å². The van der Waals surface area contributed by atoms with Crippen LogP contribution in [0.25, 0.3) is 0 Å². The predicted molar refractivity (Wildman–Crippen MR) is 82.7 cm³/mol. The molecule has 2 amide bonds. The lowest BCUT2D eigenvalue weighted by Gasteiger charge is -2.24. The van der Waals surface area contributed by atoms with E-state index in [0.29, 0.717) is 31.1 Å². The van der Waals surface area contributed by atoms with Crippen molar-refractivity contribution >= 4 is 23.4 Å². The van der Waals surface area contributed by atoms with Crippen LogP contribution in [0.2, 0.25) is 0 Å². The number of hydrogen-bond acceptors (Lipinski definition) is 4. The summed E-state index contributed by atoms with van der Waals surface area (Å²) in [5, 5.41) is 6.75. The summed E-state index contributed by atoms with van der Waals surface area (Å²) < 4.78 is 5.19. The Labute approximate surface area is 128 Å². The van der Waals surface area contributed by atoms with Crippen molar-refractivity contribution < 1.29 is 14.3 Å². The summed E-state index contributed by atoms with van der Waals surface area (Å²) in [5.41, 5.74) is 4.94. The van der Waals surface area contributed by atoms with Crippen molar-refractivity contribution in [3.05, 3.63) is 29.8 Å². The molecule has 1 aromatic carbocycles. The summed E-state index contributed by atoms with van der Waals surface area (Å²) in [4.78, 5) is 22.7. The lowest BCUT2D eigenvalue weighted by Crippen LogP contribution is -2.25. The zero-order valence-corrected chi connectivity index (χ0v) is 12.3. The van der Waals surface area contributed by atoms with Crippen LogP contribution in [0.4, 0.5) is 10.5 Å². The number of nitrogens with one attached hydrogen (secondary N) is 2. The van der Waals surface area contributed by atoms with Gasteiger partial charge in [-0.05, 0) is 36.5 Å². The predicted octanol–water partition coefficient (Wildman–Crippen LogP) is 2.65.